The first-order valence-corrected chi connectivity index (χ1v) is 6.68. The van der Waals surface area contributed by atoms with Crippen molar-refractivity contribution in [2.75, 3.05) is 19.1 Å². The van der Waals surface area contributed by atoms with Gasteiger partial charge in [-0.3, -0.25) is 4.79 Å². The van der Waals surface area contributed by atoms with E-state index in [0.717, 1.165) is 32.1 Å². The van der Waals surface area contributed by atoms with E-state index in [9.17, 15) is 4.79 Å². The van der Waals surface area contributed by atoms with Crippen LogP contribution in [0.25, 0.3) is 0 Å². The van der Waals surface area contributed by atoms with Gasteiger partial charge in [-0.2, -0.15) is 0 Å². The molecule has 4 heteroatoms. The second-order valence-corrected chi connectivity index (χ2v) is 4.94. The zero-order valence-corrected chi connectivity index (χ0v) is 10.3. The van der Waals surface area contributed by atoms with Crippen molar-refractivity contribution in [1.29, 1.82) is 0 Å². The molecule has 0 radical (unpaired) electrons. The van der Waals surface area contributed by atoms with Gasteiger partial charge in [0, 0.05) is 18.7 Å². The first kappa shape index (κ1) is 12.3. The lowest BCUT2D eigenvalue weighted by molar-refractivity contribution is -0.199. The summed E-state index contributed by atoms with van der Waals surface area (Å²) in [4.78, 5) is 11.8. The van der Waals surface area contributed by atoms with Crippen molar-refractivity contribution in [2.24, 2.45) is 5.92 Å². The molecule has 1 aliphatic carbocycles. The van der Waals surface area contributed by atoms with Crippen LogP contribution >= 0.6 is 11.6 Å². The fourth-order valence-corrected chi connectivity index (χ4v) is 2.93. The molecule has 1 heterocycles. The number of carbonyl (C=O) groups is 1. The van der Waals surface area contributed by atoms with Crippen LogP contribution in [-0.4, -0.2) is 30.7 Å². The number of unbranched alkanes of at least 4 members (excludes halogenated alkanes) is 1. The molecule has 0 N–H and O–H groups in total. The lowest BCUT2D eigenvalue weighted by atomic mass is 9.91. The Labute approximate surface area is 101 Å². The lowest BCUT2D eigenvalue weighted by Crippen LogP contribution is -2.41. The molecule has 1 unspecified atom stereocenters. The van der Waals surface area contributed by atoms with E-state index >= 15 is 0 Å². The Morgan fingerprint density at radius 1 is 1.31 bits per heavy atom. The van der Waals surface area contributed by atoms with Crippen LogP contribution in [0, 0.1) is 5.92 Å². The van der Waals surface area contributed by atoms with Crippen molar-refractivity contribution in [1.82, 2.24) is 0 Å². The number of alkyl halides is 1. The standard InChI is InChI=1S/C12H19ClO3/c13-7-2-1-6-12(15-8-9-16-12)10-4-3-5-11(10)14/h10H,1-9H2. The molecule has 0 amide bonds. The fourth-order valence-electron chi connectivity index (χ4n) is 2.74. The maximum Gasteiger partial charge on any atom is 0.178 e. The highest BCUT2D eigenvalue weighted by Gasteiger charge is 2.48. The van der Waals surface area contributed by atoms with Crippen LogP contribution in [0.3, 0.4) is 0 Å². The third-order valence-electron chi connectivity index (χ3n) is 3.52. The quantitative estimate of drug-likeness (QED) is 0.552. The van der Waals surface area contributed by atoms with Crippen molar-refractivity contribution >= 4 is 17.4 Å². The molecule has 1 saturated heterocycles. The summed E-state index contributed by atoms with van der Waals surface area (Å²) in [6.45, 7) is 1.23. The molecule has 1 aliphatic heterocycles. The molecule has 2 fully saturated rings. The Bertz CT molecular complexity index is 249. The smallest absolute Gasteiger partial charge is 0.178 e. The zero-order valence-electron chi connectivity index (χ0n) is 9.54. The Morgan fingerprint density at radius 3 is 2.62 bits per heavy atom. The topological polar surface area (TPSA) is 35.5 Å². The highest BCUT2D eigenvalue weighted by Crippen LogP contribution is 2.40. The van der Waals surface area contributed by atoms with Crippen molar-refractivity contribution in [3.05, 3.63) is 0 Å². The molecule has 0 spiro atoms. The summed E-state index contributed by atoms with van der Waals surface area (Å²) < 4.78 is 11.5. The highest BCUT2D eigenvalue weighted by atomic mass is 35.5. The maximum absolute atomic E-state index is 11.8. The second-order valence-electron chi connectivity index (χ2n) is 4.57. The number of ether oxygens (including phenoxy) is 2. The Balaban J connectivity index is 1.99. The highest BCUT2D eigenvalue weighted by molar-refractivity contribution is 6.17. The number of hydrogen-bond donors (Lipinski definition) is 0. The van der Waals surface area contributed by atoms with Gasteiger partial charge in [-0.1, -0.05) is 0 Å². The SMILES string of the molecule is O=C1CCCC1C1(CCCCCl)OCCO1. The normalized spacial score (nSPS) is 28.8. The molecule has 3 nitrogen and oxygen atoms in total. The third-order valence-corrected chi connectivity index (χ3v) is 3.79. The van der Waals surface area contributed by atoms with E-state index in [1.165, 1.54) is 0 Å². The number of rotatable bonds is 5. The van der Waals surface area contributed by atoms with Gasteiger partial charge in [-0.05, 0) is 25.7 Å². The summed E-state index contributed by atoms with van der Waals surface area (Å²) >= 11 is 5.67. The number of carbonyl (C=O) groups excluding carboxylic acids is 1. The molecular formula is C12H19ClO3. The number of Topliss-reactive ketones (excluding diaryl/α,β-unsaturated/α-hetero) is 1. The molecular weight excluding hydrogens is 228 g/mol. The van der Waals surface area contributed by atoms with Gasteiger partial charge in [-0.25, -0.2) is 0 Å². The van der Waals surface area contributed by atoms with Crippen molar-refractivity contribution < 1.29 is 14.3 Å². The predicted octanol–water partition coefficient (Wildman–Crippen LogP) is 2.51. The average molecular weight is 247 g/mol. The summed E-state index contributed by atoms with van der Waals surface area (Å²) in [6.07, 6.45) is 5.31. The molecule has 2 aliphatic rings. The molecule has 0 aromatic heterocycles. The third kappa shape index (κ3) is 2.41. The molecule has 1 atom stereocenters. The van der Waals surface area contributed by atoms with Crippen LogP contribution in [-0.2, 0) is 14.3 Å². The van der Waals surface area contributed by atoms with Gasteiger partial charge >= 0.3 is 0 Å². The fraction of sp³-hybridized carbons (Fsp3) is 0.917. The number of halogens is 1. The monoisotopic (exact) mass is 246 g/mol. The van der Waals surface area contributed by atoms with E-state index in [1.54, 1.807) is 0 Å². The molecule has 16 heavy (non-hydrogen) atoms. The summed E-state index contributed by atoms with van der Waals surface area (Å²) in [5.41, 5.74) is 0. The van der Waals surface area contributed by atoms with Gasteiger partial charge in [0.1, 0.15) is 5.78 Å². The molecule has 0 aromatic rings. The van der Waals surface area contributed by atoms with Crippen molar-refractivity contribution in [2.45, 2.75) is 44.3 Å². The first-order chi connectivity index (χ1) is 7.78. The lowest BCUT2D eigenvalue weighted by Gasteiger charge is -2.32. The van der Waals surface area contributed by atoms with Crippen LogP contribution in [0.1, 0.15) is 38.5 Å². The minimum absolute atomic E-state index is 0.0367. The number of hydrogen-bond acceptors (Lipinski definition) is 3. The minimum atomic E-state index is -0.611. The van der Waals surface area contributed by atoms with Gasteiger partial charge < -0.3 is 9.47 Å². The Kier molecular flexibility index (Phi) is 4.22. The van der Waals surface area contributed by atoms with Crippen LogP contribution < -0.4 is 0 Å². The predicted molar refractivity (Wildman–Crippen MR) is 61.6 cm³/mol. The van der Waals surface area contributed by atoms with Crippen molar-refractivity contribution in [3.63, 3.8) is 0 Å². The molecule has 2 rings (SSSR count). The van der Waals surface area contributed by atoms with E-state index < -0.39 is 5.79 Å². The molecule has 1 saturated carbocycles. The van der Waals surface area contributed by atoms with Gasteiger partial charge in [0.2, 0.25) is 0 Å². The minimum Gasteiger partial charge on any atom is -0.347 e. The van der Waals surface area contributed by atoms with E-state index in [4.69, 9.17) is 21.1 Å². The van der Waals surface area contributed by atoms with Crippen LogP contribution in [0.5, 0.6) is 0 Å². The summed E-state index contributed by atoms with van der Waals surface area (Å²) in [5.74, 6) is 0.326. The van der Waals surface area contributed by atoms with E-state index in [-0.39, 0.29) is 5.92 Å². The van der Waals surface area contributed by atoms with Gasteiger partial charge in [0.25, 0.3) is 0 Å². The maximum atomic E-state index is 11.8. The first-order valence-electron chi connectivity index (χ1n) is 6.15. The molecule has 0 bridgehead atoms. The molecule has 0 aromatic carbocycles. The summed E-state index contributed by atoms with van der Waals surface area (Å²) in [5, 5.41) is 0. The van der Waals surface area contributed by atoms with E-state index in [2.05, 4.69) is 0 Å². The van der Waals surface area contributed by atoms with E-state index in [1.807, 2.05) is 0 Å². The number of ketones is 1. The summed E-state index contributed by atoms with van der Waals surface area (Å²) in [7, 11) is 0. The van der Waals surface area contributed by atoms with Gasteiger partial charge in [0.15, 0.2) is 5.79 Å². The van der Waals surface area contributed by atoms with Crippen LogP contribution in [0.4, 0.5) is 0 Å². The Hall–Kier alpha value is -0.120. The van der Waals surface area contributed by atoms with Crippen LogP contribution in [0.15, 0.2) is 0 Å². The van der Waals surface area contributed by atoms with Gasteiger partial charge in [0.05, 0.1) is 19.1 Å². The second kappa shape index (κ2) is 5.48. The average Bonchev–Trinajstić information content (AvgIpc) is 2.88. The summed E-state index contributed by atoms with van der Waals surface area (Å²) in [6, 6.07) is 0. The molecule has 92 valence electrons. The van der Waals surface area contributed by atoms with Crippen LogP contribution in [0.2, 0.25) is 0 Å². The Morgan fingerprint density at radius 2 is 2.06 bits per heavy atom. The van der Waals surface area contributed by atoms with Crippen molar-refractivity contribution in [3.8, 4) is 0 Å². The largest absolute Gasteiger partial charge is 0.347 e. The van der Waals surface area contributed by atoms with Gasteiger partial charge in [-0.15, -0.1) is 11.6 Å². The zero-order chi connectivity index (χ0) is 11.4. The van der Waals surface area contributed by atoms with E-state index in [0.29, 0.717) is 31.3 Å².